The summed E-state index contributed by atoms with van der Waals surface area (Å²) >= 11 is 0. The molecule has 1 saturated heterocycles. The van der Waals surface area contributed by atoms with Gasteiger partial charge in [0.15, 0.2) is 0 Å². The number of unbranched alkanes of at least 4 members (excludes halogenated alkanes) is 2. The number of nitrogens with zero attached hydrogens (tertiary/aromatic N) is 1. The second kappa shape index (κ2) is 8.93. The number of hydrogen-bond acceptors (Lipinski definition) is 2. The molecule has 0 bridgehead atoms. The van der Waals surface area contributed by atoms with Gasteiger partial charge >= 0.3 is 0 Å². The average Bonchev–Trinajstić information content (AvgIpc) is 2.34. The molecular formula is C15H32N2. The maximum absolute atomic E-state index is 3.39. The predicted octanol–water partition coefficient (Wildman–Crippen LogP) is 3.13. The van der Waals surface area contributed by atoms with Crippen LogP contribution in [0.5, 0.6) is 0 Å². The first kappa shape index (κ1) is 15.0. The molecule has 1 N–H and O–H groups in total. The van der Waals surface area contributed by atoms with Gasteiger partial charge in [-0.3, -0.25) is 0 Å². The third kappa shape index (κ3) is 6.42. The maximum atomic E-state index is 3.39. The highest BCUT2D eigenvalue weighted by Crippen LogP contribution is 2.24. The van der Waals surface area contributed by atoms with Gasteiger partial charge in [-0.05, 0) is 70.2 Å². The fourth-order valence-corrected chi connectivity index (χ4v) is 2.78. The Morgan fingerprint density at radius 3 is 2.41 bits per heavy atom. The molecule has 0 spiro atoms. The highest BCUT2D eigenvalue weighted by molar-refractivity contribution is 4.74. The van der Waals surface area contributed by atoms with E-state index in [-0.39, 0.29) is 0 Å². The van der Waals surface area contributed by atoms with Crippen molar-refractivity contribution in [3.05, 3.63) is 0 Å². The standard InChI is InChI=1S/C15H32N2/c1-4-16-10-6-5-7-11-17-12-8-15(9-13-17)14(2)3/h14-16H,4-13H2,1-3H3. The van der Waals surface area contributed by atoms with E-state index in [1.807, 2.05) is 0 Å². The number of rotatable bonds is 8. The largest absolute Gasteiger partial charge is 0.317 e. The summed E-state index contributed by atoms with van der Waals surface area (Å²) in [5.41, 5.74) is 0. The summed E-state index contributed by atoms with van der Waals surface area (Å²) in [5, 5.41) is 3.39. The lowest BCUT2D eigenvalue weighted by atomic mass is 9.87. The lowest BCUT2D eigenvalue weighted by Gasteiger charge is -2.33. The van der Waals surface area contributed by atoms with Gasteiger partial charge < -0.3 is 10.2 Å². The fourth-order valence-electron chi connectivity index (χ4n) is 2.78. The van der Waals surface area contributed by atoms with E-state index in [1.165, 1.54) is 58.3 Å². The van der Waals surface area contributed by atoms with Gasteiger partial charge in [-0.2, -0.15) is 0 Å². The minimum Gasteiger partial charge on any atom is -0.317 e. The Morgan fingerprint density at radius 2 is 1.82 bits per heavy atom. The molecule has 1 rings (SSSR count). The second-order valence-corrected chi connectivity index (χ2v) is 5.84. The smallest absolute Gasteiger partial charge is 0.00160 e. The van der Waals surface area contributed by atoms with E-state index in [2.05, 4.69) is 31.0 Å². The van der Waals surface area contributed by atoms with Crippen molar-refractivity contribution in [1.82, 2.24) is 10.2 Å². The lowest BCUT2D eigenvalue weighted by molar-refractivity contribution is 0.156. The minimum absolute atomic E-state index is 0.886. The van der Waals surface area contributed by atoms with Gasteiger partial charge in [0, 0.05) is 0 Å². The molecule has 2 heteroatoms. The van der Waals surface area contributed by atoms with Crippen LogP contribution in [0.1, 0.15) is 52.9 Å². The molecule has 0 aliphatic carbocycles. The highest BCUT2D eigenvalue weighted by atomic mass is 15.1. The van der Waals surface area contributed by atoms with E-state index in [1.54, 1.807) is 0 Å². The second-order valence-electron chi connectivity index (χ2n) is 5.84. The Hall–Kier alpha value is -0.0800. The van der Waals surface area contributed by atoms with Crippen molar-refractivity contribution in [3.63, 3.8) is 0 Å². The Balaban J connectivity index is 1.95. The lowest BCUT2D eigenvalue weighted by Crippen LogP contribution is -2.35. The molecule has 0 aromatic rings. The molecule has 0 radical (unpaired) electrons. The molecule has 17 heavy (non-hydrogen) atoms. The summed E-state index contributed by atoms with van der Waals surface area (Å²) in [5.74, 6) is 1.87. The molecule has 1 heterocycles. The first-order valence-corrected chi connectivity index (χ1v) is 7.67. The van der Waals surface area contributed by atoms with Gasteiger partial charge in [0.25, 0.3) is 0 Å². The maximum Gasteiger partial charge on any atom is -0.00160 e. The van der Waals surface area contributed by atoms with Gasteiger partial charge in [0.05, 0.1) is 0 Å². The van der Waals surface area contributed by atoms with Crippen molar-refractivity contribution in [2.24, 2.45) is 11.8 Å². The van der Waals surface area contributed by atoms with Crippen LogP contribution in [-0.4, -0.2) is 37.6 Å². The van der Waals surface area contributed by atoms with Crippen molar-refractivity contribution in [2.45, 2.75) is 52.9 Å². The molecule has 0 unspecified atom stereocenters. The minimum atomic E-state index is 0.886. The SMILES string of the molecule is CCNCCCCCN1CCC(C(C)C)CC1. The Morgan fingerprint density at radius 1 is 1.12 bits per heavy atom. The number of nitrogens with one attached hydrogen (secondary N) is 1. The predicted molar refractivity (Wildman–Crippen MR) is 76.4 cm³/mol. The van der Waals surface area contributed by atoms with Gasteiger partial charge in [-0.25, -0.2) is 0 Å². The molecule has 0 saturated carbocycles. The normalized spacial score (nSPS) is 19.1. The van der Waals surface area contributed by atoms with Crippen molar-refractivity contribution in [2.75, 3.05) is 32.7 Å². The topological polar surface area (TPSA) is 15.3 Å². The highest BCUT2D eigenvalue weighted by Gasteiger charge is 2.20. The zero-order valence-electron chi connectivity index (χ0n) is 12.2. The van der Waals surface area contributed by atoms with E-state index in [0.29, 0.717) is 0 Å². The van der Waals surface area contributed by atoms with Gasteiger partial charge in [0.1, 0.15) is 0 Å². The number of hydrogen-bond donors (Lipinski definition) is 1. The van der Waals surface area contributed by atoms with E-state index >= 15 is 0 Å². The molecule has 0 amide bonds. The number of piperidine rings is 1. The van der Waals surface area contributed by atoms with Crippen LogP contribution < -0.4 is 5.32 Å². The Labute approximate surface area is 108 Å². The van der Waals surface area contributed by atoms with Gasteiger partial charge in [0.2, 0.25) is 0 Å². The fraction of sp³-hybridized carbons (Fsp3) is 1.00. The van der Waals surface area contributed by atoms with Crippen molar-refractivity contribution < 1.29 is 0 Å². The summed E-state index contributed by atoms with van der Waals surface area (Å²) in [6.07, 6.45) is 6.97. The van der Waals surface area contributed by atoms with Crippen molar-refractivity contribution in [1.29, 1.82) is 0 Å². The third-order valence-corrected chi connectivity index (χ3v) is 4.15. The molecule has 1 fully saturated rings. The summed E-state index contributed by atoms with van der Waals surface area (Å²) in [6, 6.07) is 0. The molecule has 2 nitrogen and oxygen atoms in total. The van der Waals surface area contributed by atoms with Gasteiger partial charge in [-0.1, -0.05) is 27.2 Å². The van der Waals surface area contributed by atoms with Gasteiger partial charge in [-0.15, -0.1) is 0 Å². The molecule has 1 aliphatic heterocycles. The van der Waals surface area contributed by atoms with E-state index in [0.717, 1.165) is 18.4 Å². The first-order valence-electron chi connectivity index (χ1n) is 7.67. The van der Waals surface area contributed by atoms with Crippen molar-refractivity contribution >= 4 is 0 Å². The number of likely N-dealkylation sites (tertiary alicyclic amines) is 1. The van der Waals surface area contributed by atoms with Crippen LogP contribution >= 0.6 is 0 Å². The van der Waals surface area contributed by atoms with E-state index in [9.17, 15) is 0 Å². The summed E-state index contributed by atoms with van der Waals surface area (Å²) in [4.78, 5) is 2.67. The molecule has 1 aliphatic rings. The van der Waals surface area contributed by atoms with Crippen LogP contribution in [0.25, 0.3) is 0 Å². The molecule has 0 aromatic carbocycles. The van der Waals surface area contributed by atoms with Crippen LogP contribution in [0.3, 0.4) is 0 Å². The van der Waals surface area contributed by atoms with E-state index < -0.39 is 0 Å². The average molecular weight is 240 g/mol. The summed E-state index contributed by atoms with van der Waals surface area (Å²) in [6.45, 7) is 13.3. The van der Waals surface area contributed by atoms with Crippen molar-refractivity contribution in [3.8, 4) is 0 Å². The Kier molecular flexibility index (Phi) is 7.87. The molecule has 102 valence electrons. The van der Waals surface area contributed by atoms with E-state index in [4.69, 9.17) is 0 Å². The Bertz CT molecular complexity index is 172. The molecular weight excluding hydrogens is 208 g/mol. The third-order valence-electron chi connectivity index (χ3n) is 4.15. The van der Waals surface area contributed by atoms with Crippen LogP contribution in [0.4, 0.5) is 0 Å². The van der Waals surface area contributed by atoms with Crippen LogP contribution in [0.2, 0.25) is 0 Å². The zero-order valence-corrected chi connectivity index (χ0v) is 12.2. The van der Waals surface area contributed by atoms with Crippen LogP contribution in [0, 0.1) is 11.8 Å². The van der Waals surface area contributed by atoms with Crippen LogP contribution in [-0.2, 0) is 0 Å². The summed E-state index contributed by atoms with van der Waals surface area (Å²) in [7, 11) is 0. The molecule has 0 atom stereocenters. The first-order chi connectivity index (χ1) is 8.24. The summed E-state index contributed by atoms with van der Waals surface area (Å²) < 4.78 is 0. The molecule has 0 aromatic heterocycles. The monoisotopic (exact) mass is 240 g/mol. The van der Waals surface area contributed by atoms with Crippen LogP contribution in [0.15, 0.2) is 0 Å². The quantitative estimate of drug-likeness (QED) is 0.656. The zero-order chi connectivity index (χ0) is 12.5.